The molecular formula is C20H18ClN3O5. The number of aromatic nitrogens is 2. The topological polar surface area (TPSA) is 103 Å². The Kier molecular flexibility index (Phi) is 6.46. The van der Waals surface area contributed by atoms with E-state index in [1.807, 2.05) is 6.07 Å². The van der Waals surface area contributed by atoms with Gasteiger partial charge in [-0.1, -0.05) is 48.0 Å². The number of hydrogen-bond donors (Lipinski definition) is 1. The van der Waals surface area contributed by atoms with E-state index in [0.717, 1.165) is 10.2 Å². The van der Waals surface area contributed by atoms with Gasteiger partial charge < -0.3 is 14.5 Å². The van der Waals surface area contributed by atoms with Gasteiger partial charge in [0.15, 0.2) is 6.10 Å². The van der Waals surface area contributed by atoms with Crippen LogP contribution >= 0.6 is 11.6 Å². The van der Waals surface area contributed by atoms with E-state index in [1.54, 1.807) is 48.5 Å². The van der Waals surface area contributed by atoms with E-state index in [9.17, 15) is 14.4 Å². The molecule has 0 saturated heterocycles. The largest absolute Gasteiger partial charge is 0.451 e. The van der Waals surface area contributed by atoms with Gasteiger partial charge in [0.25, 0.3) is 5.91 Å². The molecule has 1 amide bonds. The molecule has 150 valence electrons. The summed E-state index contributed by atoms with van der Waals surface area (Å²) < 4.78 is 11.0. The van der Waals surface area contributed by atoms with Gasteiger partial charge >= 0.3 is 11.7 Å². The van der Waals surface area contributed by atoms with Crippen molar-refractivity contribution in [3.63, 3.8) is 0 Å². The zero-order valence-corrected chi connectivity index (χ0v) is 16.3. The number of amides is 1. The third kappa shape index (κ3) is 5.32. The molecule has 0 fully saturated rings. The molecule has 0 bridgehead atoms. The third-order valence-corrected chi connectivity index (χ3v) is 4.36. The molecule has 1 aromatic heterocycles. The van der Waals surface area contributed by atoms with Gasteiger partial charge in [-0.05, 0) is 30.7 Å². The molecule has 3 aromatic rings. The minimum absolute atomic E-state index is 0.0916. The predicted molar refractivity (Wildman–Crippen MR) is 105 cm³/mol. The van der Waals surface area contributed by atoms with E-state index in [1.165, 1.54) is 6.92 Å². The van der Waals surface area contributed by atoms with Gasteiger partial charge in [-0.25, -0.2) is 4.79 Å². The average molecular weight is 416 g/mol. The molecule has 0 radical (unpaired) electrons. The number of rotatable bonds is 7. The Morgan fingerprint density at radius 2 is 1.86 bits per heavy atom. The Bertz CT molecular complexity index is 1060. The molecular weight excluding hydrogens is 398 g/mol. The molecule has 0 aliphatic heterocycles. The predicted octanol–water partition coefficient (Wildman–Crippen LogP) is 2.40. The summed E-state index contributed by atoms with van der Waals surface area (Å²) in [6, 6.07) is 15.9. The van der Waals surface area contributed by atoms with Crippen molar-refractivity contribution in [3.05, 3.63) is 75.7 Å². The van der Waals surface area contributed by atoms with E-state index in [0.29, 0.717) is 10.6 Å². The number of benzene rings is 2. The minimum Gasteiger partial charge on any atom is -0.451 e. The van der Waals surface area contributed by atoms with Crippen LogP contribution in [0.3, 0.4) is 0 Å². The first-order chi connectivity index (χ1) is 13.9. The van der Waals surface area contributed by atoms with Gasteiger partial charge in [0.05, 0.1) is 0 Å². The maximum atomic E-state index is 12.1. The summed E-state index contributed by atoms with van der Waals surface area (Å²) in [6.45, 7) is 1.15. The quantitative estimate of drug-likeness (QED) is 0.594. The van der Waals surface area contributed by atoms with Gasteiger partial charge in [-0.3, -0.25) is 9.59 Å². The van der Waals surface area contributed by atoms with Gasteiger partial charge in [0, 0.05) is 17.1 Å². The Hall–Kier alpha value is -3.39. The summed E-state index contributed by atoms with van der Waals surface area (Å²) >= 11 is 6.04. The second kappa shape index (κ2) is 9.20. The van der Waals surface area contributed by atoms with Gasteiger partial charge in [0.2, 0.25) is 5.89 Å². The van der Waals surface area contributed by atoms with Crippen LogP contribution in [0.2, 0.25) is 5.02 Å². The first kappa shape index (κ1) is 20.3. The molecule has 0 spiro atoms. The fourth-order valence-corrected chi connectivity index (χ4v) is 2.68. The van der Waals surface area contributed by atoms with Crippen molar-refractivity contribution in [3.8, 4) is 11.5 Å². The number of halogens is 1. The lowest BCUT2D eigenvalue weighted by Crippen LogP contribution is -2.36. The molecule has 29 heavy (non-hydrogen) atoms. The van der Waals surface area contributed by atoms with Crippen LogP contribution in [0.4, 0.5) is 0 Å². The van der Waals surface area contributed by atoms with Crippen molar-refractivity contribution >= 4 is 23.5 Å². The van der Waals surface area contributed by atoms with E-state index >= 15 is 0 Å². The van der Waals surface area contributed by atoms with Crippen molar-refractivity contribution < 1.29 is 18.7 Å². The highest BCUT2D eigenvalue weighted by Gasteiger charge is 2.20. The molecule has 2 aromatic carbocycles. The van der Waals surface area contributed by atoms with Crippen LogP contribution in [0, 0.1) is 0 Å². The number of nitrogens with zero attached hydrogens (tertiary/aromatic N) is 2. The van der Waals surface area contributed by atoms with Crippen molar-refractivity contribution in [1.29, 1.82) is 0 Å². The normalized spacial score (nSPS) is 11.7. The highest BCUT2D eigenvalue weighted by molar-refractivity contribution is 6.31. The Balaban J connectivity index is 1.55. The molecule has 0 saturated carbocycles. The maximum Gasteiger partial charge on any atom is 0.437 e. The van der Waals surface area contributed by atoms with Crippen LogP contribution in [-0.4, -0.2) is 27.8 Å². The summed E-state index contributed by atoms with van der Waals surface area (Å²) in [5.74, 6) is -1.98. The smallest absolute Gasteiger partial charge is 0.437 e. The lowest BCUT2D eigenvalue weighted by molar-refractivity contribution is -0.155. The SMILES string of the molecule is C[C@H](OC(=O)Cn1nc(-c2ccccc2)oc1=O)C(=O)NCc1ccccc1Cl. The summed E-state index contributed by atoms with van der Waals surface area (Å²) in [6.07, 6.45) is -1.05. The molecule has 3 rings (SSSR count). The Labute approximate surface area is 171 Å². The number of hydrogen-bond acceptors (Lipinski definition) is 6. The van der Waals surface area contributed by atoms with E-state index in [2.05, 4.69) is 10.4 Å². The lowest BCUT2D eigenvalue weighted by atomic mass is 10.2. The summed E-state index contributed by atoms with van der Waals surface area (Å²) in [4.78, 5) is 36.1. The van der Waals surface area contributed by atoms with Crippen molar-refractivity contribution in [2.75, 3.05) is 0 Å². The minimum atomic E-state index is -1.05. The Morgan fingerprint density at radius 3 is 2.59 bits per heavy atom. The highest BCUT2D eigenvalue weighted by atomic mass is 35.5. The Morgan fingerprint density at radius 1 is 1.17 bits per heavy atom. The van der Waals surface area contributed by atoms with Crippen LogP contribution < -0.4 is 11.1 Å². The van der Waals surface area contributed by atoms with Crippen molar-refractivity contribution in [2.24, 2.45) is 0 Å². The van der Waals surface area contributed by atoms with Crippen LogP contribution in [0.25, 0.3) is 11.5 Å². The second-order valence-electron chi connectivity index (χ2n) is 6.14. The molecule has 0 aliphatic rings. The van der Waals surface area contributed by atoms with Gasteiger partial charge in [-0.2, -0.15) is 4.68 Å². The molecule has 0 aliphatic carbocycles. The maximum absolute atomic E-state index is 12.1. The fraction of sp³-hybridized carbons (Fsp3) is 0.200. The van der Waals surface area contributed by atoms with Crippen LogP contribution in [-0.2, 0) is 27.4 Å². The zero-order valence-electron chi connectivity index (χ0n) is 15.5. The van der Waals surface area contributed by atoms with E-state index < -0.39 is 30.3 Å². The second-order valence-corrected chi connectivity index (χ2v) is 6.55. The first-order valence-corrected chi connectivity index (χ1v) is 9.16. The van der Waals surface area contributed by atoms with E-state index in [-0.39, 0.29) is 12.4 Å². The number of ether oxygens (including phenoxy) is 1. The van der Waals surface area contributed by atoms with Gasteiger partial charge in [0.1, 0.15) is 6.54 Å². The number of carbonyl (C=O) groups excluding carboxylic acids is 2. The lowest BCUT2D eigenvalue weighted by Gasteiger charge is -2.13. The van der Waals surface area contributed by atoms with Gasteiger partial charge in [-0.15, -0.1) is 5.10 Å². The number of nitrogens with one attached hydrogen (secondary N) is 1. The summed E-state index contributed by atoms with van der Waals surface area (Å²) in [5, 5.41) is 7.15. The molecule has 1 atom stereocenters. The van der Waals surface area contributed by atoms with E-state index in [4.69, 9.17) is 20.8 Å². The monoisotopic (exact) mass is 415 g/mol. The first-order valence-electron chi connectivity index (χ1n) is 8.78. The third-order valence-electron chi connectivity index (χ3n) is 3.99. The molecule has 1 heterocycles. The molecule has 0 unspecified atom stereocenters. The van der Waals surface area contributed by atoms with Crippen LogP contribution in [0.15, 0.2) is 63.8 Å². The van der Waals surface area contributed by atoms with Crippen LogP contribution in [0.5, 0.6) is 0 Å². The fourth-order valence-electron chi connectivity index (χ4n) is 2.48. The molecule has 1 N–H and O–H groups in total. The van der Waals surface area contributed by atoms with Crippen LogP contribution in [0.1, 0.15) is 12.5 Å². The number of esters is 1. The standard InChI is InChI=1S/C20H18ClN3O5/c1-13(18(26)22-11-15-9-5-6-10-16(15)21)28-17(25)12-24-20(27)29-19(23-24)14-7-3-2-4-8-14/h2-10,13H,11-12H2,1H3,(H,22,26)/t13-/m0/s1. The average Bonchev–Trinajstić information content (AvgIpc) is 3.08. The summed E-state index contributed by atoms with van der Waals surface area (Å²) in [5.41, 5.74) is 1.34. The summed E-state index contributed by atoms with van der Waals surface area (Å²) in [7, 11) is 0. The molecule has 8 nitrogen and oxygen atoms in total. The van der Waals surface area contributed by atoms with Crippen molar-refractivity contribution in [1.82, 2.24) is 15.1 Å². The molecule has 9 heteroatoms. The number of carbonyl (C=O) groups is 2. The highest BCUT2D eigenvalue weighted by Crippen LogP contribution is 2.15. The zero-order chi connectivity index (χ0) is 20.8. The van der Waals surface area contributed by atoms with Crippen molar-refractivity contribution in [2.45, 2.75) is 26.1 Å².